The van der Waals surface area contributed by atoms with Crippen molar-refractivity contribution in [1.29, 1.82) is 0 Å². The molecule has 4 heavy (non-hydrogen) atoms. The highest BCUT2D eigenvalue weighted by Gasteiger charge is 1.25. The van der Waals surface area contributed by atoms with Gasteiger partial charge in [0.15, 0.2) is 8.25 Å². The van der Waals surface area contributed by atoms with Gasteiger partial charge in [-0.15, -0.1) is 0 Å². The van der Waals surface area contributed by atoms with E-state index in [0.717, 1.165) is 0 Å². The monoisotopic (exact) mass is 95.0 g/mol. The average molecular weight is 95.0 g/mol. The summed E-state index contributed by atoms with van der Waals surface area (Å²) in [5.41, 5.74) is 0. The lowest BCUT2D eigenvalue weighted by molar-refractivity contribution is 0.603. The summed E-state index contributed by atoms with van der Waals surface area (Å²) in [6.45, 7) is 0. The average Bonchev–Trinajstić information content (AvgIpc) is 1.37. The fraction of sp³-hybridized carbons (Fsp3) is 0. The molecule has 0 aromatic rings. The molecular formula is H3NOP2. The molecule has 0 bridgehead atoms. The third kappa shape index (κ3) is 2.33. The zero-order valence-electron chi connectivity index (χ0n) is 1.93. The summed E-state index contributed by atoms with van der Waals surface area (Å²) in [4.78, 5) is 0. The molecule has 0 amide bonds. The molecule has 2 atom stereocenters. The van der Waals surface area contributed by atoms with Gasteiger partial charge in [-0.25, -0.2) is 4.52 Å². The molecule has 0 radical (unpaired) electrons. The smallest absolute Gasteiger partial charge is 0.179 e. The maximum atomic E-state index is 9.14. The first-order valence-electron chi connectivity index (χ1n) is 0.686. The summed E-state index contributed by atoms with van der Waals surface area (Å²) in [5.74, 6) is 0. The quantitative estimate of drug-likeness (QED) is 0.412. The third-order valence-electron chi connectivity index (χ3n) is 0.0527. The molecule has 0 N–H and O–H groups in total. The lowest BCUT2D eigenvalue weighted by atomic mass is 13.9. The molecule has 0 aliphatic rings. The second-order valence-electron chi connectivity index (χ2n) is 0.220. The molecule has 0 heterocycles. The van der Waals surface area contributed by atoms with Gasteiger partial charge >= 0.3 is 0 Å². The predicted octanol–water partition coefficient (Wildman–Crippen LogP) is 0.984. The largest absolute Gasteiger partial charge is 0.265 e. The van der Waals surface area contributed by atoms with Crippen LogP contribution in [0.3, 0.4) is 0 Å². The molecule has 0 saturated carbocycles. The van der Waals surface area contributed by atoms with E-state index < -0.39 is 8.25 Å². The fourth-order valence-corrected chi connectivity index (χ4v) is 0. The van der Waals surface area contributed by atoms with Crippen molar-refractivity contribution in [1.82, 2.24) is 0 Å². The maximum Gasteiger partial charge on any atom is 0.179 e. The molecule has 2 unspecified atom stereocenters. The molecule has 0 saturated heterocycles. The van der Waals surface area contributed by atoms with Crippen molar-refractivity contribution in [2.75, 3.05) is 0 Å². The molecule has 0 aromatic carbocycles. The first-order chi connectivity index (χ1) is 1.91. The molecule has 0 aliphatic carbocycles. The van der Waals surface area contributed by atoms with E-state index in [1.165, 1.54) is 0 Å². The van der Waals surface area contributed by atoms with E-state index in [2.05, 4.69) is 4.52 Å². The van der Waals surface area contributed by atoms with E-state index in [0.29, 0.717) is 0 Å². The van der Waals surface area contributed by atoms with Crippen LogP contribution >= 0.6 is 17.6 Å². The molecule has 0 aromatic heterocycles. The van der Waals surface area contributed by atoms with Crippen molar-refractivity contribution in [2.24, 2.45) is 4.52 Å². The van der Waals surface area contributed by atoms with Gasteiger partial charge in [0.25, 0.3) is 0 Å². The lowest BCUT2D eigenvalue weighted by Gasteiger charge is -1.39. The van der Waals surface area contributed by atoms with Crippen molar-refractivity contribution < 1.29 is 4.57 Å². The van der Waals surface area contributed by atoms with Gasteiger partial charge in [-0.1, -0.05) is 0 Å². The zero-order chi connectivity index (χ0) is 3.41. The Morgan fingerprint density at radius 2 is 2.25 bits per heavy atom. The number of hydrogen-bond donors (Lipinski definition) is 0. The Labute approximate surface area is 27.8 Å². The Morgan fingerprint density at radius 3 is 2.25 bits per heavy atom. The summed E-state index contributed by atoms with van der Waals surface area (Å²) in [7, 11) is 1.46. The molecule has 0 spiro atoms. The fourth-order valence-electron chi connectivity index (χ4n) is 0. The van der Waals surface area contributed by atoms with Crippen molar-refractivity contribution in [3.8, 4) is 0 Å². The number of nitrogens with zero attached hydrogens (tertiary/aromatic N) is 1. The van der Waals surface area contributed by atoms with Gasteiger partial charge in [0, 0.05) is 0 Å². The Bertz CT molecular complexity index is 44.0. The number of hydrogen-bond acceptors (Lipinski definition) is 2. The topological polar surface area (TPSA) is 29.4 Å². The van der Waals surface area contributed by atoms with Crippen LogP contribution in [0.4, 0.5) is 0 Å². The second kappa shape index (κ2) is 3.33. The Kier molecular flexibility index (Phi) is 3.60. The first-order valence-corrected chi connectivity index (χ1v) is 2.06. The third-order valence-corrected chi connectivity index (χ3v) is 0.474. The number of rotatable bonds is 0. The van der Waals surface area contributed by atoms with Crippen LogP contribution in [-0.4, -0.2) is 0 Å². The molecule has 0 rings (SSSR count). The van der Waals surface area contributed by atoms with Gasteiger partial charge in [0.2, 0.25) is 0 Å². The van der Waals surface area contributed by atoms with Crippen LogP contribution in [0.2, 0.25) is 0 Å². The highest BCUT2D eigenvalue weighted by atomic mass is 31.1. The molecule has 2 nitrogen and oxygen atoms in total. The van der Waals surface area contributed by atoms with Gasteiger partial charge in [0.1, 0.15) is 0 Å². The van der Waals surface area contributed by atoms with Crippen molar-refractivity contribution in [3.05, 3.63) is 0 Å². The Morgan fingerprint density at radius 1 is 2.00 bits per heavy atom. The highest BCUT2D eigenvalue weighted by molar-refractivity contribution is 7.26. The van der Waals surface area contributed by atoms with Crippen molar-refractivity contribution in [2.45, 2.75) is 0 Å². The van der Waals surface area contributed by atoms with Gasteiger partial charge in [-0.05, 0) is 9.39 Å². The maximum absolute atomic E-state index is 9.14. The lowest BCUT2D eigenvalue weighted by Crippen LogP contribution is -0.866. The van der Waals surface area contributed by atoms with Crippen LogP contribution in [0.5, 0.6) is 0 Å². The summed E-state index contributed by atoms with van der Waals surface area (Å²) < 4.78 is 12.3. The van der Waals surface area contributed by atoms with E-state index in [9.17, 15) is 0 Å². The van der Waals surface area contributed by atoms with Crippen molar-refractivity contribution >= 4 is 17.6 Å². The SMILES string of the molecule is O=[PH]=NP. The van der Waals surface area contributed by atoms with E-state index in [1.54, 1.807) is 0 Å². The van der Waals surface area contributed by atoms with E-state index in [1.807, 2.05) is 9.39 Å². The normalized spacial score (nSPS) is 7.25. The minimum Gasteiger partial charge on any atom is -0.265 e. The Balaban J connectivity index is 3.11. The molecule has 0 fully saturated rings. The minimum atomic E-state index is -0.522. The molecular weight excluding hydrogens is 92.0 g/mol. The van der Waals surface area contributed by atoms with Gasteiger partial charge in [-0.3, -0.25) is 4.57 Å². The van der Waals surface area contributed by atoms with Crippen LogP contribution < -0.4 is 0 Å². The van der Waals surface area contributed by atoms with Crippen molar-refractivity contribution in [3.63, 3.8) is 0 Å². The van der Waals surface area contributed by atoms with Crippen LogP contribution in [-0.2, 0) is 4.57 Å². The van der Waals surface area contributed by atoms with Crippen LogP contribution in [0.25, 0.3) is 0 Å². The summed E-state index contributed by atoms with van der Waals surface area (Å²) in [6.07, 6.45) is 0. The molecule has 4 heteroatoms. The highest BCUT2D eigenvalue weighted by Crippen LogP contribution is 1.86. The Hall–Kier alpha value is 0.330. The zero-order valence-corrected chi connectivity index (χ0v) is 4.09. The first kappa shape index (κ1) is 4.33. The second-order valence-corrected chi connectivity index (χ2v) is 1.44. The van der Waals surface area contributed by atoms with Gasteiger partial charge in [0.05, 0.1) is 0 Å². The van der Waals surface area contributed by atoms with Crippen LogP contribution in [0.1, 0.15) is 0 Å². The van der Waals surface area contributed by atoms with Crippen LogP contribution in [0, 0.1) is 0 Å². The van der Waals surface area contributed by atoms with E-state index in [4.69, 9.17) is 4.57 Å². The van der Waals surface area contributed by atoms with E-state index in [-0.39, 0.29) is 0 Å². The minimum absolute atomic E-state index is 0.522. The molecule has 24 valence electrons. The molecule has 0 aliphatic heterocycles. The summed E-state index contributed by atoms with van der Waals surface area (Å²) in [6, 6.07) is 0. The van der Waals surface area contributed by atoms with Crippen LogP contribution in [0.15, 0.2) is 4.52 Å². The van der Waals surface area contributed by atoms with E-state index >= 15 is 0 Å². The standard InChI is InChI=1S/H3NOP2/c2-4-1-3/h4H,3H2. The van der Waals surface area contributed by atoms with Gasteiger partial charge < -0.3 is 0 Å². The van der Waals surface area contributed by atoms with Gasteiger partial charge in [-0.2, -0.15) is 0 Å². The summed E-state index contributed by atoms with van der Waals surface area (Å²) in [5, 5.41) is 0. The predicted molar refractivity (Wildman–Crippen MR) is 21.1 cm³/mol. The summed E-state index contributed by atoms with van der Waals surface area (Å²) >= 11 is 0.